The molecule has 196 valence electrons. The van der Waals surface area contributed by atoms with Crippen LogP contribution in [0.3, 0.4) is 0 Å². The van der Waals surface area contributed by atoms with Crippen molar-refractivity contribution in [2.45, 2.75) is 50.0 Å². The SMILES string of the molecule is CC(O)C(N)C(=O)NC(CS)C(=O)NC(CC(N)=O)C(=O)NC(Cc1c[nH]c2ccccc12)C(=O)O. The topological polar surface area (TPSA) is 230 Å². The van der Waals surface area contributed by atoms with E-state index in [2.05, 4.69) is 33.6 Å². The number of carboxylic acid groups (broad SMARTS) is 1. The monoisotopic (exact) mass is 522 g/mol. The average molecular weight is 523 g/mol. The van der Waals surface area contributed by atoms with E-state index in [0.717, 1.165) is 10.9 Å². The van der Waals surface area contributed by atoms with Gasteiger partial charge in [0.15, 0.2) is 0 Å². The van der Waals surface area contributed by atoms with Crippen molar-refractivity contribution in [3.8, 4) is 0 Å². The molecular weight excluding hydrogens is 492 g/mol. The fraction of sp³-hybridized carbons (Fsp3) is 0.409. The fourth-order valence-corrected chi connectivity index (χ4v) is 3.61. The predicted molar refractivity (Wildman–Crippen MR) is 133 cm³/mol. The van der Waals surface area contributed by atoms with E-state index in [1.807, 2.05) is 12.1 Å². The maximum atomic E-state index is 12.9. The molecule has 0 aliphatic carbocycles. The number of aromatic amines is 1. The molecule has 0 radical (unpaired) electrons. The Kier molecular flexibility index (Phi) is 10.3. The molecule has 0 aliphatic heterocycles. The maximum Gasteiger partial charge on any atom is 0.326 e. The van der Waals surface area contributed by atoms with Crippen LogP contribution in [-0.2, 0) is 30.4 Å². The lowest BCUT2D eigenvalue weighted by Gasteiger charge is -2.24. The summed E-state index contributed by atoms with van der Waals surface area (Å²) in [5, 5.41) is 26.8. The number of primary amides is 1. The molecule has 36 heavy (non-hydrogen) atoms. The minimum Gasteiger partial charge on any atom is -0.480 e. The van der Waals surface area contributed by atoms with Gasteiger partial charge in [-0.25, -0.2) is 4.79 Å². The van der Waals surface area contributed by atoms with Crippen LogP contribution in [0, 0.1) is 0 Å². The Bertz CT molecular complexity index is 1120. The number of nitrogens with one attached hydrogen (secondary N) is 4. The van der Waals surface area contributed by atoms with Gasteiger partial charge in [-0.15, -0.1) is 0 Å². The van der Waals surface area contributed by atoms with E-state index in [9.17, 15) is 34.2 Å². The zero-order valence-electron chi connectivity index (χ0n) is 19.4. The number of rotatable bonds is 13. The molecular formula is C22H30N6O7S. The molecule has 0 bridgehead atoms. The van der Waals surface area contributed by atoms with Gasteiger partial charge < -0.3 is 42.6 Å². The number of aromatic nitrogens is 1. The van der Waals surface area contributed by atoms with Crippen LogP contribution in [0.5, 0.6) is 0 Å². The second-order valence-electron chi connectivity index (χ2n) is 8.20. The Hall–Kier alpha value is -3.62. The molecule has 14 heteroatoms. The molecule has 1 aromatic carbocycles. The molecule has 4 amide bonds. The van der Waals surface area contributed by atoms with Gasteiger partial charge in [-0.05, 0) is 18.6 Å². The number of fused-ring (bicyclic) bond motifs is 1. The molecule has 13 nitrogen and oxygen atoms in total. The molecule has 0 spiro atoms. The van der Waals surface area contributed by atoms with Crippen molar-refractivity contribution in [1.82, 2.24) is 20.9 Å². The number of aliphatic hydroxyl groups is 1. The Morgan fingerprint density at radius 2 is 1.58 bits per heavy atom. The van der Waals surface area contributed by atoms with Gasteiger partial charge in [-0.1, -0.05) is 18.2 Å². The number of carbonyl (C=O) groups is 5. The Labute approximate surface area is 211 Å². The normalized spacial score (nSPS) is 15.2. The lowest BCUT2D eigenvalue weighted by molar-refractivity contribution is -0.142. The first-order valence-corrected chi connectivity index (χ1v) is 11.6. The fourth-order valence-electron chi connectivity index (χ4n) is 3.36. The lowest BCUT2D eigenvalue weighted by Crippen LogP contribution is -2.59. The number of aliphatic hydroxyl groups excluding tert-OH is 1. The molecule has 0 saturated carbocycles. The summed E-state index contributed by atoms with van der Waals surface area (Å²) in [4.78, 5) is 64.1. The smallest absolute Gasteiger partial charge is 0.326 e. The van der Waals surface area contributed by atoms with Crippen LogP contribution in [0.15, 0.2) is 30.5 Å². The first-order chi connectivity index (χ1) is 16.9. The summed E-state index contributed by atoms with van der Waals surface area (Å²) < 4.78 is 0. The van der Waals surface area contributed by atoms with E-state index in [0.29, 0.717) is 5.56 Å². The highest BCUT2D eigenvalue weighted by molar-refractivity contribution is 7.80. The molecule has 0 fully saturated rings. The minimum absolute atomic E-state index is 0.0745. The Balaban J connectivity index is 2.14. The number of aliphatic carboxylic acids is 1. The molecule has 2 aromatic rings. The number of para-hydroxylation sites is 1. The van der Waals surface area contributed by atoms with Crippen molar-refractivity contribution in [2.24, 2.45) is 11.5 Å². The largest absolute Gasteiger partial charge is 0.480 e. The van der Waals surface area contributed by atoms with Crippen molar-refractivity contribution < 1.29 is 34.2 Å². The first-order valence-electron chi connectivity index (χ1n) is 11.0. The molecule has 1 heterocycles. The highest BCUT2D eigenvalue weighted by Crippen LogP contribution is 2.19. The van der Waals surface area contributed by atoms with Gasteiger partial charge in [0.1, 0.15) is 24.2 Å². The van der Waals surface area contributed by atoms with E-state index >= 15 is 0 Å². The number of benzene rings is 1. The van der Waals surface area contributed by atoms with Gasteiger partial charge in [0.25, 0.3) is 0 Å². The van der Waals surface area contributed by atoms with Crippen LogP contribution in [-0.4, -0.2) is 80.8 Å². The Morgan fingerprint density at radius 3 is 2.17 bits per heavy atom. The lowest BCUT2D eigenvalue weighted by atomic mass is 10.0. The van der Waals surface area contributed by atoms with E-state index in [1.165, 1.54) is 6.92 Å². The van der Waals surface area contributed by atoms with Crippen molar-refractivity contribution in [1.29, 1.82) is 0 Å². The van der Waals surface area contributed by atoms with Gasteiger partial charge in [0.05, 0.1) is 12.5 Å². The van der Waals surface area contributed by atoms with Crippen molar-refractivity contribution in [3.05, 3.63) is 36.0 Å². The third-order valence-electron chi connectivity index (χ3n) is 5.39. The van der Waals surface area contributed by atoms with Crippen molar-refractivity contribution in [2.75, 3.05) is 5.75 Å². The zero-order valence-corrected chi connectivity index (χ0v) is 20.3. The number of amides is 4. The van der Waals surface area contributed by atoms with E-state index in [-0.39, 0.29) is 12.2 Å². The van der Waals surface area contributed by atoms with Crippen LogP contribution in [0.2, 0.25) is 0 Å². The van der Waals surface area contributed by atoms with E-state index in [4.69, 9.17) is 11.5 Å². The molecule has 2 rings (SSSR count). The van der Waals surface area contributed by atoms with E-state index in [1.54, 1.807) is 18.3 Å². The third-order valence-corrected chi connectivity index (χ3v) is 5.76. The maximum absolute atomic E-state index is 12.9. The number of carboxylic acids is 1. The molecule has 1 aromatic heterocycles. The number of hydrogen-bond acceptors (Lipinski definition) is 8. The van der Waals surface area contributed by atoms with Crippen LogP contribution >= 0.6 is 12.6 Å². The number of H-pyrrole nitrogens is 1. The molecule has 0 saturated heterocycles. The highest BCUT2D eigenvalue weighted by Gasteiger charge is 2.31. The summed E-state index contributed by atoms with van der Waals surface area (Å²) in [6, 6.07) is 1.73. The minimum atomic E-state index is -1.52. The van der Waals surface area contributed by atoms with E-state index < -0.39 is 66.3 Å². The van der Waals surface area contributed by atoms with Crippen LogP contribution in [0.25, 0.3) is 10.9 Å². The number of hydrogen-bond donors (Lipinski definition) is 9. The van der Waals surface area contributed by atoms with Gasteiger partial charge >= 0.3 is 5.97 Å². The Morgan fingerprint density at radius 1 is 1.00 bits per heavy atom. The third kappa shape index (κ3) is 7.69. The molecule has 10 N–H and O–H groups in total. The second kappa shape index (κ2) is 12.9. The highest BCUT2D eigenvalue weighted by atomic mass is 32.1. The number of carbonyl (C=O) groups excluding carboxylic acids is 4. The predicted octanol–water partition coefficient (Wildman–Crippen LogP) is -2.24. The summed E-state index contributed by atoms with van der Waals surface area (Å²) in [7, 11) is 0. The number of thiol groups is 1. The van der Waals surface area contributed by atoms with Gasteiger partial charge in [-0.2, -0.15) is 12.6 Å². The van der Waals surface area contributed by atoms with Crippen LogP contribution < -0.4 is 27.4 Å². The molecule has 5 atom stereocenters. The van der Waals surface area contributed by atoms with Crippen molar-refractivity contribution >= 4 is 53.1 Å². The van der Waals surface area contributed by atoms with Crippen molar-refractivity contribution in [3.63, 3.8) is 0 Å². The first kappa shape index (κ1) is 28.6. The standard InChI is InChI=1S/C22H30N6O7S/c1-10(29)18(24)21(33)28-16(9-36)20(32)26-14(7-17(23)30)19(31)27-15(22(34)35)6-11-8-25-13-5-3-2-4-12(11)13/h2-5,8,10,14-16,18,25,29,36H,6-7,9,24H2,1H3,(H2,23,30)(H,26,32)(H,27,31)(H,28,33)(H,34,35). The quantitative estimate of drug-likeness (QED) is 0.130. The van der Waals surface area contributed by atoms with Crippen LogP contribution in [0.4, 0.5) is 0 Å². The second-order valence-corrected chi connectivity index (χ2v) is 8.57. The summed E-state index contributed by atoms with van der Waals surface area (Å²) >= 11 is 4.00. The number of nitrogens with two attached hydrogens (primary N) is 2. The summed E-state index contributed by atoms with van der Waals surface area (Å²) in [6.45, 7) is 1.29. The average Bonchev–Trinajstić information content (AvgIpc) is 3.23. The molecule has 5 unspecified atom stereocenters. The summed E-state index contributed by atoms with van der Waals surface area (Å²) in [6.07, 6.45) is -0.258. The molecule has 0 aliphatic rings. The summed E-state index contributed by atoms with van der Waals surface area (Å²) in [5.41, 5.74) is 12.2. The zero-order chi connectivity index (χ0) is 27.0. The summed E-state index contributed by atoms with van der Waals surface area (Å²) in [5.74, 6) is -5.14. The van der Waals surface area contributed by atoms with Gasteiger partial charge in [-0.3, -0.25) is 19.2 Å². The van der Waals surface area contributed by atoms with Gasteiger partial charge in [0.2, 0.25) is 23.6 Å². The van der Waals surface area contributed by atoms with Crippen LogP contribution in [0.1, 0.15) is 18.9 Å². The van der Waals surface area contributed by atoms with Gasteiger partial charge in [0, 0.05) is 29.3 Å².